The van der Waals surface area contributed by atoms with Gasteiger partial charge in [0.2, 0.25) is 6.79 Å². The van der Waals surface area contributed by atoms with Gasteiger partial charge in [0.25, 0.3) is 5.91 Å². The summed E-state index contributed by atoms with van der Waals surface area (Å²) >= 11 is 2.26. The van der Waals surface area contributed by atoms with Crippen LogP contribution in [0.1, 0.15) is 11.1 Å². The van der Waals surface area contributed by atoms with Crippen molar-refractivity contribution in [3.05, 3.63) is 51.1 Å². The highest BCUT2D eigenvalue weighted by molar-refractivity contribution is 14.1. The van der Waals surface area contributed by atoms with Crippen LogP contribution in [0.15, 0.2) is 41.5 Å². The molecule has 0 atom stereocenters. The molecule has 0 saturated carbocycles. The third kappa shape index (κ3) is 4.16. The third-order valence-electron chi connectivity index (χ3n) is 3.43. The van der Waals surface area contributed by atoms with Gasteiger partial charge >= 0.3 is 0 Å². The number of carbonyl (C=O) groups is 1. The van der Waals surface area contributed by atoms with E-state index in [1.165, 1.54) is 0 Å². The van der Waals surface area contributed by atoms with Gasteiger partial charge in [-0.25, -0.2) is 5.43 Å². The number of hydrogen-bond acceptors (Lipinski definition) is 5. The Hall–Kier alpha value is -2.29. The van der Waals surface area contributed by atoms with Gasteiger partial charge in [0.1, 0.15) is 0 Å². The Kier molecular flexibility index (Phi) is 5.19. The van der Waals surface area contributed by atoms with Crippen LogP contribution in [-0.2, 0) is 4.79 Å². The maximum Gasteiger partial charge on any atom is 0.259 e. The molecule has 1 amide bonds. The second-order valence-corrected chi connectivity index (χ2v) is 6.46. The van der Waals surface area contributed by atoms with Crippen molar-refractivity contribution in [1.82, 2.24) is 5.43 Å². The van der Waals surface area contributed by atoms with E-state index in [9.17, 15) is 4.79 Å². The summed E-state index contributed by atoms with van der Waals surface area (Å²) in [5.41, 5.74) is 5.35. The number of ether oxygens (including phenoxy) is 2. The number of amides is 1. The van der Waals surface area contributed by atoms with Crippen molar-refractivity contribution < 1.29 is 14.3 Å². The monoisotopic (exact) mass is 437 g/mol. The lowest BCUT2D eigenvalue weighted by molar-refractivity contribution is -0.119. The maximum absolute atomic E-state index is 11.8. The van der Waals surface area contributed by atoms with E-state index in [1.54, 1.807) is 6.21 Å². The van der Waals surface area contributed by atoms with E-state index in [1.807, 2.05) is 37.3 Å². The van der Waals surface area contributed by atoms with Crippen LogP contribution in [0.25, 0.3) is 0 Å². The molecule has 7 heteroatoms. The fourth-order valence-corrected chi connectivity index (χ4v) is 2.86. The van der Waals surface area contributed by atoms with Crippen molar-refractivity contribution in [2.24, 2.45) is 5.10 Å². The second kappa shape index (κ2) is 7.52. The fraction of sp³-hybridized carbons (Fsp3) is 0.176. The summed E-state index contributed by atoms with van der Waals surface area (Å²) in [6.45, 7) is 2.39. The SMILES string of the molecule is Cc1cc(I)ccc1NCC(=O)NN=Cc1ccc2c(c1)OCO2. The zero-order chi connectivity index (χ0) is 16.9. The Morgan fingerprint density at radius 2 is 2.08 bits per heavy atom. The Bertz CT molecular complexity index is 793. The van der Waals surface area contributed by atoms with Gasteiger partial charge in [-0.2, -0.15) is 5.10 Å². The summed E-state index contributed by atoms with van der Waals surface area (Å²) in [7, 11) is 0. The molecule has 24 heavy (non-hydrogen) atoms. The van der Waals surface area contributed by atoms with Gasteiger partial charge in [0.05, 0.1) is 12.8 Å². The molecular formula is C17H16IN3O3. The predicted molar refractivity (Wildman–Crippen MR) is 101 cm³/mol. The van der Waals surface area contributed by atoms with Crippen molar-refractivity contribution in [1.29, 1.82) is 0 Å². The first-order valence-corrected chi connectivity index (χ1v) is 8.41. The summed E-state index contributed by atoms with van der Waals surface area (Å²) in [5, 5.41) is 7.05. The van der Waals surface area contributed by atoms with E-state index in [0.717, 1.165) is 20.4 Å². The average Bonchev–Trinajstić information content (AvgIpc) is 3.02. The number of hydrazone groups is 1. The van der Waals surface area contributed by atoms with Crippen LogP contribution >= 0.6 is 22.6 Å². The van der Waals surface area contributed by atoms with Crippen LogP contribution in [0.2, 0.25) is 0 Å². The lowest BCUT2D eigenvalue weighted by Gasteiger charge is -2.08. The summed E-state index contributed by atoms with van der Waals surface area (Å²) in [4.78, 5) is 11.8. The first-order valence-electron chi connectivity index (χ1n) is 7.33. The number of nitrogens with zero attached hydrogens (tertiary/aromatic N) is 1. The van der Waals surface area contributed by atoms with Gasteiger partial charge in [-0.1, -0.05) is 0 Å². The lowest BCUT2D eigenvalue weighted by atomic mass is 10.2. The van der Waals surface area contributed by atoms with Gasteiger partial charge in [0.15, 0.2) is 11.5 Å². The van der Waals surface area contributed by atoms with Gasteiger partial charge in [-0.15, -0.1) is 0 Å². The molecule has 1 aliphatic heterocycles. The average molecular weight is 437 g/mol. The number of nitrogens with one attached hydrogen (secondary N) is 2. The first kappa shape index (κ1) is 16.6. The number of carbonyl (C=O) groups excluding carboxylic acids is 1. The van der Waals surface area contributed by atoms with E-state index in [4.69, 9.17) is 9.47 Å². The smallest absolute Gasteiger partial charge is 0.259 e. The number of fused-ring (bicyclic) bond motifs is 1. The first-order chi connectivity index (χ1) is 11.6. The molecule has 1 aliphatic rings. The number of benzene rings is 2. The Morgan fingerprint density at radius 1 is 1.25 bits per heavy atom. The van der Waals surface area contributed by atoms with Crippen LogP contribution < -0.4 is 20.2 Å². The van der Waals surface area contributed by atoms with Crippen LogP contribution in [-0.4, -0.2) is 25.5 Å². The van der Waals surface area contributed by atoms with Crippen LogP contribution in [0.3, 0.4) is 0 Å². The standard InChI is InChI=1S/C17H16IN3O3/c1-11-6-13(18)3-4-14(11)19-9-17(22)21-20-8-12-2-5-15-16(7-12)24-10-23-15/h2-8,19H,9-10H2,1H3,(H,21,22). The van der Waals surface area contributed by atoms with E-state index in [2.05, 4.69) is 44.5 Å². The Labute approximate surface area is 153 Å². The molecule has 2 aromatic rings. The quantitative estimate of drug-likeness (QED) is 0.429. The molecule has 0 aliphatic carbocycles. The van der Waals surface area contributed by atoms with Crippen LogP contribution in [0.4, 0.5) is 5.69 Å². The van der Waals surface area contributed by atoms with E-state index in [0.29, 0.717) is 11.5 Å². The molecular weight excluding hydrogens is 421 g/mol. The molecule has 0 radical (unpaired) electrons. The van der Waals surface area contributed by atoms with Crippen LogP contribution in [0, 0.1) is 10.5 Å². The van der Waals surface area contributed by atoms with Gasteiger partial charge in [-0.05, 0) is 77.0 Å². The topological polar surface area (TPSA) is 72.0 Å². The summed E-state index contributed by atoms with van der Waals surface area (Å²) in [6.07, 6.45) is 1.57. The Balaban J connectivity index is 1.50. The Morgan fingerprint density at radius 3 is 2.92 bits per heavy atom. The van der Waals surface area contributed by atoms with Crippen LogP contribution in [0.5, 0.6) is 11.5 Å². The zero-order valence-electron chi connectivity index (χ0n) is 13.0. The molecule has 0 saturated heterocycles. The van der Waals surface area contributed by atoms with E-state index < -0.39 is 0 Å². The van der Waals surface area contributed by atoms with Gasteiger partial charge in [0, 0.05) is 9.26 Å². The molecule has 2 aromatic carbocycles. The minimum Gasteiger partial charge on any atom is -0.454 e. The molecule has 6 nitrogen and oxygen atoms in total. The molecule has 2 N–H and O–H groups in total. The molecule has 0 fully saturated rings. The van der Waals surface area contributed by atoms with Crippen molar-refractivity contribution in [3.63, 3.8) is 0 Å². The number of rotatable bonds is 5. The van der Waals surface area contributed by atoms with E-state index in [-0.39, 0.29) is 19.2 Å². The highest BCUT2D eigenvalue weighted by Crippen LogP contribution is 2.31. The molecule has 0 bridgehead atoms. The minimum atomic E-state index is -0.218. The van der Waals surface area contributed by atoms with Crippen molar-refractivity contribution in [3.8, 4) is 11.5 Å². The maximum atomic E-state index is 11.8. The summed E-state index contributed by atoms with van der Waals surface area (Å²) in [5.74, 6) is 1.18. The third-order valence-corrected chi connectivity index (χ3v) is 4.10. The minimum absolute atomic E-state index is 0.153. The van der Waals surface area contributed by atoms with Gasteiger partial charge in [-0.3, -0.25) is 4.79 Å². The molecule has 0 spiro atoms. The summed E-state index contributed by atoms with van der Waals surface area (Å²) < 4.78 is 11.7. The van der Waals surface area contributed by atoms with Crippen molar-refractivity contribution in [2.75, 3.05) is 18.7 Å². The predicted octanol–water partition coefficient (Wildman–Crippen LogP) is 2.89. The zero-order valence-corrected chi connectivity index (χ0v) is 15.2. The number of anilines is 1. The van der Waals surface area contributed by atoms with E-state index >= 15 is 0 Å². The molecule has 1 heterocycles. The van der Waals surface area contributed by atoms with Gasteiger partial charge < -0.3 is 14.8 Å². The molecule has 124 valence electrons. The highest BCUT2D eigenvalue weighted by atomic mass is 127. The second-order valence-electron chi connectivity index (χ2n) is 5.22. The molecule has 3 rings (SSSR count). The molecule has 0 aromatic heterocycles. The lowest BCUT2D eigenvalue weighted by Crippen LogP contribution is -2.26. The number of hydrogen-bond donors (Lipinski definition) is 2. The fourth-order valence-electron chi connectivity index (χ4n) is 2.21. The largest absolute Gasteiger partial charge is 0.454 e. The molecule has 0 unspecified atom stereocenters. The van der Waals surface area contributed by atoms with Crippen molar-refractivity contribution in [2.45, 2.75) is 6.92 Å². The van der Waals surface area contributed by atoms with Crippen molar-refractivity contribution >= 4 is 40.4 Å². The number of aryl methyl sites for hydroxylation is 1. The number of halogens is 1. The normalized spacial score (nSPS) is 12.4. The highest BCUT2D eigenvalue weighted by Gasteiger charge is 2.12. The summed E-state index contributed by atoms with van der Waals surface area (Å²) in [6, 6.07) is 11.5.